The number of anilines is 2. The van der Waals surface area contributed by atoms with Crippen LogP contribution in [0.2, 0.25) is 0 Å². The topological polar surface area (TPSA) is 92.9 Å². The molecule has 7 nitrogen and oxygen atoms in total. The van der Waals surface area contributed by atoms with Gasteiger partial charge in [-0.1, -0.05) is 30.3 Å². The standard InChI is InChI=1S/C19H17N5O2S/c1-11-15-17(20-10-21-18(15)27-16(11)19(25)26)23-14-8-22-24(9-14)12(2)13-6-4-3-5-7-13/h3-10,12H,1-2H3,(H,25,26)(H,20,21,23). The van der Waals surface area contributed by atoms with Crippen LogP contribution in [0.25, 0.3) is 10.2 Å². The van der Waals surface area contributed by atoms with Gasteiger partial charge in [0.25, 0.3) is 0 Å². The SMILES string of the molecule is Cc1c(C(=O)O)sc2ncnc(Nc3cnn(C(C)c4ccccc4)c3)c12. The lowest BCUT2D eigenvalue weighted by Gasteiger charge is -2.12. The quantitative estimate of drug-likeness (QED) is 0.538. The summed E-state index contributed by atoms with van der Waals surface area (Å²) in [5.74, 6) is -0.376. The molecule has 136 valence electrons. The fourth-order valence-electron chi connectivity index (χ4n) is 3.01. The molecule has 2 N–H and O–H groups in total. The number of carbonyl (C=O) groups is 1. The van der Waals surface area contributed by atoms with Gasteiger partial charge < -0.3 is 10.4 Å². The van der Waals surface area contributed by atoms with Crippen LogP contribution in [0.1, 0.15) is 33.8 Å². The van der Waals surface area contributed by atoms with Crippen LogP contribution in [0, 0.1) is 6.92 Å². The second-order valence-corrected chi connectivity index (χ2v) is 7.18. The number of aryl methyl sites for hydroxylation is 1. The van der Waals surface area contributed by atoms with Crippen LogP contribution >= 0.6 is 11.3 Å². The first-order valence-electron chi connectivity index (χ1n) is 8.38. The van der Waals surface area contributed by atoms with Gasteiger partial charge in [0.15, 0.2) is 0 Å². The highest BCUT2D eigenvalue weighted by atomic mass is 32.1. The van der Waals surface area contributed by atoms with Crippen LogP contribution in [-0.2, 0) is 0 Å². The molecule has 8 heteroatoms. The molecule has 27 heavy (non-hydrogen) atoms. The Labute approximate surface area is 159 Å². The van der Waals surface area contributed by atoms with Gasteiger partial charge in [-0.25, -0.2) is 14.8 Å². The summed E-state index contributed by atoms with van der Waals surface area (Å²) >= 11 is 1.15. The Morgan fingerprint density at radius 1 is 1.26 bits per heavy atom. The molecule has 0 radical (unpaired) electrons. The van der Waals surface area contributed by atoms with E-state index in [2.05, 4.69) is 39.4 Å². The van der Waals surface area contributed by atoms with Crippen LogP contribution in [0.3, 0.4) is 0 Å². The largest absolute Gasteiger partial charge is 0.477 e. The van der Waals surface area contributed by atoms with Crippen molar-refractivity contribution >= 4 is 39.0 Å². The first-order valence-corrected chi connectivity index (χ1v) is 9.19. The Balaban J connectivity index is 1.66. The molecule has 1 unspecified atom stereocenters. The second kappa shape index (κ2) is 6.81. The normalized spacial score (nSPS) is 12.2. The van der Waals surface area contributed by atoms with Gasteiger partial charge in [-0.3, -0.25) is 4.68 Å². The Kier molecular flexibility index (Phi) is 4.33. The summed E-state index contributed by atoms with van der Waals surface area (Å²) in [6.07, 6.45) is 5.07. The van der Waals surface area contributed by atoms with Gasteiger partial charge in [0.05, 0.1) is 23.3 Å². The third-order valence-corrected chi connectivity index (χ3v) is 5.65. The van der Waals surface area contributed by atoms with E-state index >= 15 is 0 Å². The molecular formula is C19H17N5O2S. The van der Waals surface area contributed by atoms with Gasteiger partial charge in [0.1, 0.15) is 21.9 Å². The van der Waals surface area contributed by atoms with E-state index < -0.39 is 5.97 Å². The molecule has 0 amide bonds. The highest BCUT2D eigenvalue weighted by molar-refractivity contribution is 7.20. The zero-order chi connectivity index (χ0) is 19.0. The van der Waals surface area contributed by atoms with E-state index in [4.69, 9.17) is 0 Å². The number of benzene rings is 1. The van der Waals surface area contributed by atoms with Crippen LogP contribution in [0.4, 0.5) is 11.5 Å². The van der Waals surface area contributed by atoms with E-state index in [0.29, 0.717) is 16.2 Å². The summed E-state index contributed by atoms with van der Waals surface area (Å²) in [5.41, 5.74) is 2.60. The summed E-state index contributed by atoms with van der Waals surface area (Å²) < 4.78 is 1.87. The lowest BCUT2D eigenvalue weighted by atomic mass is 10.1. The molecule has 4 aromatic rings. The summed E-state index contributed by atoms with van der Waals surface area (Å²) in [7, 11) is 0. The third-order valence-electron chi connectivity index (χ3n) is 4.46. The molecule has 0 aliphatic heterocycles. The molecule has 0 bridgehead atoms. The smallest absolute Gasteiger partial charge is 0.346 e. The number of thiophene rings is 1. The molecule has 1 aromatic carbocycles. The van der Waals surface area contributed by atoms with Crippen molar-refractivity contribution in [2.45, 2.75) is 19.9 Å². The number of hydrogen-bond acceptors (Lipinski definition) is 6. The first-order chi connectivity index (χ1) is 13.0. The molecule has 3 aromatic heterocycles. The van der Waals surface area contributed by atoms with Crippen LogP contribution in [-0.4, -0.2) is 30.8 Å². The zero-order valence-electron chi connectivity index (χ0n) is 14.7. The van der Waals surface area contributed by atoms with Gasteiger partial charge in [-0.2, -0.15) is 5.10 Å². The van der Waals surface area contributed by atoms with Crippen LogP contribution in [0.5, 0.6) is 0 Å². The molecule has 0 aliphatic carbocycles. The van der Waals surface area contributed by atoms with Crippen LogP contribution in [0.15, 0.2) is 49.1 Å². The molecule has 0 spiro atoms. The van der Waals surface area contributed by atoms with E-state index in [9.17, 15) is 9.90 Å². The van der Waals surface area contributed by atoms with Gasteiger partial charge in [0.2, 0.25) is 0 Å². The van der Waals surface area contributed by atoms with Crippen molar-refractivity contribution in [1.29, 1.82) is 0 Å². The Hall–Kier alpha value is -3.26. The maximum atomic E-state index is 11.4. The zero-order valence-corrected chi connectivity index (χ0v) is 15.6. The second-order valence-electron chi connectivity index (χ2n) is 6.18. The van der Waals surface area contributed by atoms with Crippen molar-refractivity contribution in [3.63, 3.8) is 0 Å². The van der Waals surface area contributed by atoms with Crippen molar-refractivity contribution < 1.29 is 9.90 Å². The van der Waals surface area contributed by atoms with E-state index in [1.165, 1.54) is 6.33 Å². The van der Waals surface area contributed by atoms with Crippen molar-refractivity contribution in [1.82, 2.24) is 19.7 Å². The fourth-order valence-corrected chi connectivity index (χ4v) is 3.99. The Morgan fingerprint density at radius 3 is 2.78 bits per heavy atom. The Bertz CT molecular complexity index is 1120. The number of nitrogens with zero attached hydrogens (tertiary/aromatic N) is 4. The summed E-state index contributed by atoms with van der Waals surface area (Å²) in [6.45, 7) is 3.86. The Morgan fingerprint density at radius 2 is 2.04 bits per heavy atom. The predicted molar refractivity (Wildman–Crippen MR) is 105 cm³/mol. The van der Waals surface area contributed by atoms with Crippen molar-refractivity contribution in [3.8, 4) is 0 Å². The summed E-state index contributed by atoms with van der Waals surface area (Å²) in [4.78, 5) is 20.8. The van der Waals surface area contributed by atoms with E-state index in [-0.39, 0.29) is 10.9 Å². The van der Waals surface area contributed by atoms with Gasteiger partial charge in [0, 0.05) is 6.20 Å². The summed E-state index contributed by atoms with van der Waals surface area (Å²) in [5, 5.41) is 17.8. The number of nitrogens with one attached hydrogen (secondary N) is 1. The number of rotatable bonds is 5. The molecule has 0 aliphatic rings. The van der Waals surface area contributed by atoms with Gasteiger partial charge in [-0.05, 0) is 25.0 Å². The van der Waals surface area contributed by atoms with Gasteiger partial charge in [-0.15, -0.1) is 11.3 Å². The predicted octanol–water partition coefficient (Wildman–Crippen LogP) is 4.25. The highest BCUT2D eigenvalue weighted by Crippen LogP contribution is 2.34. The number of fused-ring (bicyclic) bond motifs is 1. The minimum Gasteiger partial charge on any atom is -0.477 e. The minimum absolute atomic E-state index is 0.0914. The number of carboxylic acid groups (broad SMARTS) is 1. The molecule has 3 heterocycles. The fraction of sp³-hybridized carbons (Fsp3) is 0.158. The van der Waals surface area contributed by atoms with Crippen LogP contribution < -0.4 is 5.32 Å². The maximum absolute atomic E-state index is 11.4. The molecule has 4 rings (SSSR count). The lowest BCUT2D eigenvalue weighted by Crippen LogP contribution is -2.06. The monoisotopic (exact) mass is 379 g/mol. The average Bonchev–Trinajstić information content (AvgIpc) is 3.27. The summed E-state index contributed by atoms with van der Waals surface area (Å²) in [6, 6.07) is 10.2. The van der Waals surface area contributed by atoms with E-state index in [1.807, 2.05) is 29.1 Å². The number of aromatic nitrogens is 4. The number of hydrogen-bond donors (Lipinski definition) is 2. The third kappa shape index (κ3) is 3.15. The maximum Gasteiger partial charge on any atom is 0.346 e. The number of carboxylic acids is 1. The highest BCUT2D eigenvalue weighted by Gasteiger charge is 2.19. The minimum atomic E-state index is -0.953. The van der Waals surface area contributed by atoms with E-state index in [0.717, 1.165) is 28.0 Å². The average molecular weight is 379 g/mol. The molecular weight excluding hydrogens is 362 g/mol. The molecule has 0 saturated carbocycles. The number of aromatic carboxylic acids is 1. The van der Waals surface area contributed by atoms with E-state index in [1.54, 1.807) is 13.1 Å². The van der Waals surface area contributed by atoms with Crippen molar-refractivity contribution in [3.05, 3.63) is 65.1 Å². The molecule has 1 atom stereocenters. The molecule has 0 fully saturated rings. The first kappa shape index (κ1) is 17.2. The van der Waals surface area contributed by atoms with Crippen molar-refractivity contribution in [2.24, 2.45) is 0 Å². The molecule has 0 saturated heterocycles. The van der Waals surface area contributed by atoms with Crippen molar-refractivity contribution in [2.75, 3.05) is 5.32 Å². The lowest BCUT2D eigenvalue weighted by molar-refractivity contribution is 0.0701. The van der Waals surface area contributed by atoms with Gasteiger partial charge >= 0.3 is 5.97 Å².